The van der Waals surface area contributed by atoms with E-state index in [0.717, 1.165) is 18.0 Å². The number of carbonyl (C=O) groups excluding carboxylic acids is 1. The lowest BCUT2D eigenvalue weighted by Crippen LogP contribution is -2.29. The Kier molecular flexibility index (Phi) is 3.79. The van der Waals surface area contributed by atoms with Crippen LogP contribution in [0.4, 0.5) is 0 Å². The lowest BCUT2D eigenvalue weighted by atomic mass is 10.0. The van der Waals surface area contributed by atoms with Crippen LogP contribution in [0.15, 0.2) is 24.3 Å². The maximum atomic E-state index is 11.6. The van der Waals surface area contributed by atoms with Crippen LogP contribution >= 0.6 is 0 Å². The highest BCUT2D eigenvalue weighted by atomic mass is 16.5. The first-order valence-electron chi connectivity index (χ1n) is 6.17. The number of nitrogens with one attached hydrogen (secondary N) is 1. The van der Waals surface area contributed by atoms with Gasteiger partial charge in [-0.1, -0.05) is 31.2 Å². The van der Waals surface area contributed by atoms with Gasteiger partial charge in [0, 0.05) is 0 Å². The Morgan fingerprint density at radius 2 is 2.06 bits per heavy atom. The molecule has 1 N–H and O–H groups in total. The van der Waals surface area contributed by atoms with Crippen molar-refractivity contribution in [3.8, 4) is 0 Å². The molecule has 0 heterocycles. The van der Waals surface area contributed by atoms with E-state index in [1.165, 1.54) is 25.5 Å². The third kappa shape index (κ3) is 2.86. The van der Waals surface area contributed by atoms with Crippen molar-refractivity contribution in [3.63, 3.8) is 0 Å². The van der Waals surface area contributed by atoms with E-state index in [-0.39, 0.29) is 12.0 Å². The molecule has 1 saturated carbocycles. The van der Waals surface area contributed by atoms with Gasteiger partial charge in [-0.05, 0) is 36.4 Å². The highest BCUT2D eigenvalue weighted by Crippen LogP contribution is 2.40. The summed E-state index contributed by atoms with van der Waals surface area (Å²) in [5, 5.41) is 3.14. The fourth-order valence-electron chi connectivity index (χ4n) is 2.04. The fourth-order valence-corrected chi connectivity index (χ4v) is 2.04. The first kappa shape index (κ1) is 12.1. The van der Waals surface area contributed by atoms with Gasteiger partial charge in [0.1, 0.15) is 6.04 Å². The highest BCUT2D eigenvalue weighted by molar-refractivity contribution is 5.77. The quantitative estimate of drug-likeness (QED) is 0.794. The van der Waals surface area contributed by atoms with Gasteiger partial charge in [-0.25, -0.2) is 4.79 Å². The van der Waals surface area contributed by atoms with Crippen LogP contribution in [0.2, 0.25) is 0 Å². The second-order valence-electron chi connectivity index (χ2n) is 4.45. The standard InChI is InChI=1S/C14H19NO2/c1-3-15-13(14(16)17-2)12-8-6-11(7-9-12)10-4-5-10/h6-10,13,15H,3-5H2,1-2H3. The van der Waals surface area contributed by atoms with Crippen molar-refractivity contribution >= 4 is 5.97 Å². The van der Waals surface area contributed by atoms with Crippen molar-refractivity contribution in [3.05, 3.63) is 35.4 Å². The summed E-state index contributed by atoms with van der Waals surface area (Å²) in [5.41, 5.74) is 2.36. The minimum atomic E-state index is -0.349. The molecule has 0 amide bonds. The molecule has 3 heteroatoms. The lowest BCUT2D eigenvalue weighted by Gasteiger charge is -2.16. The maximum Gasteiger partial charge on any atom is 0.327 e. The van der Waals surface area contributed by atoms with Crippen LogP contribution < -0.4 is 5.32 Å². The molecule has 1 aliphatic carbocycles. The third-order valence-corrected chi connectivity index (χ3v) is 3.16. The van der Waals surface area contributed by atoms with Gasteiger partial charge in [0.2, 0.25) is 0 Å². The average molecular weight is 233 g/mol. The maximum absolute atomic E-state index is 11.6. The summed E-state index contributed by atoms with van der Waals surface area (Å²) < 4.78 is 4.81. The van der Waals surface area contributed by atoms with E-state index in [2.05, 4.69) is 17.4 Å². The van der Waals surface area contributed by atoms with Gasteiger partial charge in [-0.15, -0.1) is 0 Å². The van der Waals surface area contributed by atoms with Crippen LogP contribution in [-0.4, -0.2) is 19.6 Å². The van der Waals surface area contributed by atoms with Crippen molar-refractivity contribution in [1.29, 1.82) is 0 Å². The van der Waals surface area contributed by atoms with Crippen LogP contribution in [0.1, 0.15) is 42.9 Å². The van der Waals surface area contributed by atoms with Gasteiger partial charge in [-0.3, -0.25) is 0 Å². The molecule has 2 rings (SSSR count). The van der Waals surface area contributed by atoms with E-state index >= 15 is 0 Å². The number of methoxy groups -OCH3 is 1. The van der Waals surface area contributed by atoms with Crippen molar-refractivity contribution in [2.75, 3.05) is 13.7 Å². The molecular formula is C14H19NO2. The Hall–Kier alpha value is -1.35. The molecule has 0 bridgehead atoms. The molecule has 0 radical (unpaired) electrons. The molecule has 3 nitrogen and oxygen atoms in total. The molecule has 1 aliphatic rings. The van der Waals surface area contributed by atoms with Crippen LogP contribution in [0.25, 0.3) is 0 Å². The van der Waals surface area contributed by atoms with Gasteiger partial charge >= 0.3 is 5.97 Å². The highest BCUT2D eigenvalue weighted by Gasteiger charge is 2.24. The predicted molar refractivity (Wildman–Crippen MR) is 66.9 cm³/mol. The van der Waals surface area contributed by atoms with Gasteiger partial charge in [0.25, 0.3) is 0 Å². The molecule has 1 aromatic rings. The Labute approximate surface area is 102 Å². The summed E-state index contributed by atoms with van der Waals surface area (Å²) in [6, 6.07) is 7.95. The Bertz CT molecular complexity index is 382. The molecule has 0 saturated heterocycles. The van der Waals surface area contributed by atoms with Crippen molar-refractivity contribution in [2.24, 2.45) is 0 Å². The zero-order chi connectivity index (χ0) is 12.3. The Balaban J connectivity index is 2.13. The largest absolute Gasteiger partial charge is 0.468 e. The van der Waals surface area contributed by atoms with Crippen molar-refractivity contribution in [2.45, 2.75) is 31.7 Å². The number of rotatable bonds is 5. The molecule has 0 spiro atoms. The van der Waals surface area contributed by atoms with E-state index in [1.807, 2.05) is 19.1 Å². The van der Waals surface area contributed by atoms with Gasteiger partial charge in [0.15, 0.2) is 0 Å². The summed E-state index contributed by atoms with van der Waals surface area (Å²) in [6.45, 7) is 2.72. The van der Waals surface area contributed by atoms with Crippen molar-refractivity contribution < 1.29 is 9.53 Å². The molecule has 1 aromatic carbocycles. The first-order chi connectivity index (χ1) is 8.26. The van der Waals surface area contributed by atoms with Crippen LogP contribution in [0, 0.1) is 0 Å². The smallest absolute Gasteiger partial charge is 0.327 e. The number of hydrogen-bond donors (Lipinski definition) is 1. The van der Waals surface area contributed by atoms with Crippen LogP contribution in [0.3, 0.4) is 0 Å². The summed E-state index contributed by atoms with van der Waals surface area (Å²) in [5.74, 6) is 0.519. The van der Waals surface area contributed by atoms with E-state index < -0.39 is 0 Å². The summed E-state index contributed by atoms with van der Waals surface area (Å²) in [7, 11) is 1.42. The minimum absolute atomic E-state index is 0.231. The zero-order valence-corrected chi connectivity index (χ0v) is 10.4. The number of hydrogen-bond acceptors (Lipinski definition) is 3. The summed E-state index contributed by atoms with van der Waals surface area (Å²) in [4.78, 5) is 11.6. The molecule has 1 unspecified atom stereocenters. The SMILES string of the molecule is CCNC(C(=O)OC)c1ccc(C2CC2)cc1. The second kappa shape index (κ2) is 5.32. The molecular weight excluding hydrogens is 214 g/mol. The number of esters is 1. The topological polar surface area (TPSA) is 38.3 Å². The normalized spacial score (nSPS) is 16.6. The molecule has 17 heavy (non-hydrogen) atoms. The van der Waals surface area contributed by atoms with E-state index in [1.54, 1.807) is 0 Å². The second-order valence-corrected chi connectivity index (χ2v) is 4.45. The van der Waals surface area contributed by atoms with E-state index in [0.29, 0.717) is 0 Å². The molecule has 1 atom stereocenters. The van der Waals surface area contributed by atoms with E-state index in [9.17, 15) is 4.79 Å². The molecule has 92 valence electrons. The number of ether oxygens (including phenoxy) is 1. The van der Waals surface area contributed by atoms with Gasteiger partial charge < -0.3 is 10.1 Å². The minimum Gasteiger partial charge on any atom is -0.468 e. The Morgan fingerprint density at radius 3 is 2.53 bits per heavy atom. The average Bonchev–Trinajstić information content (AvgIpc) is 3.20. The third-order valence-electron chi connectivity index (χ3n) is 3.16. The fraction of sp³-hybridized carbons (Fsp3) is 0.500. The zero-order valence-electron chi connectivity index (χ0n) is 10.4. The molecule has 0 aromatic heterocycles. The van der Waals surface area contributed by atoms with Crippen LogP contribution in [-0.2, 0) is 9.53 Å². The predicted octanol–water partition coefficient (Wildman–Crippen LogP) is 2.39. The number of carbonyl (C=O) groups is 1. The van der Waals surface area contributed by atoms with Gasteiger partial charge in [-0.2, -0.15) is 0 Å². The monoisotopic (exact) mass is 233 g/mol. The van der Waals surface area contributed by atoms with Gasteiger partial charge in [0.05, 0.1) is 7.11 Å². The lowest BCUT2D eigenvalue weighted by molar-refractivity contribution is -0.143. The first-order valence-corrected chi connectivity index (χ1v) is 6.17. The molecule has 0 aliphatic heterocycles. The van der Waals surface area contributed by atoms with Crippen molar-refractivity contribution in [1.82, 2.24) is 5.32 Å². The summed E-state index contributed by atoms with van der Waals surface area (Å²) >= 11 is 0. The van der Waals surface area contributed by atoms with Crippen LogP contribution in [0.5, 0.6) is 0 Å². The molecule has 1 fully saturated rings. The number of benzene rings is 1. The number of likely N-dealkylation sites (N-methyl/N-ethyl adjacent to an activating group) is 1. The summed E-state index contributed by atoms with van der Waals surface area (Å²) in [6.07, 6.45) is 2.60. The van der Waals surface area contributed by atoms with E-state index in [4.69, 9.17) is 4.74 Å². The Morgan fingerprint density at radius 1 is 1.41 bits per heavy atom.